The number of aliphatic hydroxyl groups excluding tert-OH is 1. The number of halogens is 3. The number of esters is 1. The molecule has 0 aromatic rings. The summed E-state index contributed by atoms with van der Waals surface area (Å²) >= 11 is 18.3. The topological polar surface area (TPSA) is 46.5 Å². The van der Waals surface area contributed by atoms with E-state index in [0.29, 0.717) is 30.1 Å². The number of aliphatic hydroxyl groups is 1. The number of ether oxygens (including phenoxy) is 1. The van der Waals surface area contributed by atoms with E-state index >= 15 is 0 Å². The van der Waals surface area contributed by atoms with Crippen LogP contribution in [0.2, 0.25) is 0 Å². The van der Waals surface area contributed by atoms with Crippen molar-refractivity contribution >= 4 is 40.8 Å². The van der Waals surface area contributed by atoms with Gasteiger partial charge in [0.05, 0.1) is 12.0 Å². The first kappa shape index (κ1) is 25.9. The van der Waals surface area contributed by atoms with Crippen LogP contribution >= 0.6 is 34.8 Å². The molecule has 0 spiro atoms. The lowest BCUT2D eigenvalue weighted by Gasteiger charge is -2.59. The highest BCUT2D eigenvalue weighted by atomic mass is 35.6. The summed E-state index contributed by atoms with van der Waals surface area (Å²) in [6.45, 7) is 14.8. The lowest BCUT2D eigenvalue weighted by Crippen LogP contribution is -2.57. The fourth-order valence-corrected chi connectivity index (χ4v) is 7.75. The van der Waals surface area contributed by atoms with Crippen molar-refractivity contribution in [2.75, 3.05) is 0 Å². The molecule has 0 heterocycles. The Morgan fingerprint density at radius 3 is 2.16 bits per heavy atom. The van der Waals surface area contributed by atoms with Crippen molar-refractivity contribution in [1.29, 1.82) is 0 Å². The summed E-state index contributed by atoms with van der Waals surface area (Å²) < 4.78 is 4.13. The Morgan fingerprint density at radius 2 is 1.58 bits per heavy atom. The van der Waals surface area contributed by atoms with Gasteiger partial charge in [-0.3, -0.25) is 4.79 Å². The van der Waals surface area contributed by atoms with Crippen molar-refractivity contribution in [3.05, 3.63) is 0 Å². The van der Waals surface area contributed by atoms with Crippen LogP contribution in [0, 0.1) is 46.3 Å². The van der Waals surface area contributed by atoms with Crippen LogP contribution in [0.1, 0.15) is 87.0 Å². The number of rotatable bonds is 2. The van der Waals surface area contributed by atoms with Crippen LogP contribution in [0.4, 0.5) is 0 Å². The van der Waals surface area contributed by atoms with Gasteiger partial charge in [0.15, 0.2) is 5.60 Å². The largest absolute Gasteiger partial charge is 0.455 e. The van der Waals surface area contributed by atoms with E-state index in [0.717, 1.165) is 19.3 Å². The van der Waals surface area contributed by atoms with Crippen LogP contribution in [0.5, 0.6) is 0 Å². The Morgan fingerprint density at radius 1 is 1.00 bits per heavy atom. The van der Waals surface area contributed by atoms with E-state index in [9.17, 15) is 9.90 Å². The third-order valence-electron chi connectivity index (χ3n) is 9.66. The van der Waals surface area contributed by atoms with Gasteiger partial charge in [-0.2, -0.15) is 0 Å². The minimum absolute atomic E-state index is 0.100. The first-order valence-electron chi connectivity index (χ1n) is 12.0. The molecule has 0 aromatic heterocycles. The zero-order valence-electron chi connectivity index (χ0n) is 20.2. The molecule has 3 nitrogen and oxygen atoms in total. The van der Waals surface area contributed by atoms with E-state index in [4.69, 9.17) is 39.5 Å². The van der Waals surface area contributed by atoms with Crippen molar-refractivity contribution < 1.29 is 14.6 Å². The molecule has 2 bridgehead atoms. The van der Waals surface area contributed by atoms with Crippen molar-refractivity contribution in [2.45, 2.75) is 102 Å². The van der Waals surface area contributed by atoms with E-state index in [1.165, 1.54) is 12.8 Å². The first-order chi connectivity index (χ1) is 14.0. The molecule has 0 aliphatic heterocycles. The quantitative estimate of drug-likeness (QED) is 0.326. The Hall–Kier alpha value is 0.300. The molecule has 180 valence electrons. The van der Waals surface area contributed by atoms with Gasteiger partial charge in [0.25, 0.3) is 0 Å². The molecule has 0 saturated heterocycles. The normalized spacial score (nSPS) is 43.4. The molecular formula is C25H41Cl3O3. The second-order valence-electron chi connectivity index (χ2n) is 12.3. The standard InChI is InChI=1S/C25H41Cl3O3/c1-14-9-11-17(21(30)31-23(5,6)25(26,27)28)24(7)13-19(29)20-15(2)8-10-16(12-18(14)24)22(20,3)4/h14-20,29H,8-13H2,1-7H3/t14-,15-,16+,17?,18-,19?,20-,24-/m1/s1. The second kappa shape index (κ2) is 8.51. The third kappa shape index (κ3) is 4.52. The minimum atomic E-state index is -1.71. The average molecular weight is 496 g/mol. The molecule has 8 atom stereocenters. The third-order valence-corrected chi connectivity index (χ3v) is 11.0. The summed E-state index contributed by atoms with van der Waals surface area (Å²) in [5.74, 6) is 1.57. The highest BCUT2D eigenvalue weighted by Crippen LogP contribution is 2.62. The van der Waals surface area contributed by atoms with Crippen LogP contribution in [0.15, 0.2) is 0 Å². The second-order valence-corrected chi connectivity index (χ2v) is 14.5. The minimum Gasteiger partial charge on any atom is -0.455 e. The van der Waals surface area contributed by atoms with Crippen molar-refractivity contribution in [3.63, 3.8) is 0 Å². The highest BCUT2D eigenvalue weighted by molar-refractivity contribution is 6.68. The lowest BCUT2D eigenvalue weighted by molar-refractivity contribution is -0.183. The summed E-state index contributed by atoms with van der Waals surface area (Å²) in [6.07, 6.45) is 5.42. The summed E-state index contributed by atoms with van der Waals surface area (Å²) in [7, 11) is 0. The van der Waals surface area contributed by atoms with E-state index in [1.54, 1.807) is 13.8 Å². The molecule has 3 aliphatic carbocycles. The predicted molar refractivity (Wildman–Crippen MR) is 128 cm³/mol. The monoisotopic (exact) mass is 494 g/mol. The molecule has 2 unspecified atom stereocenters. The molecular weight excluding hydrogens is 455 g/mol. The Kier molecular flexibility index (Phi) is 7.11. The van der Waals surface area contributed by atoms with Crippen LogP contribution < -0.4 is 0 Å². The van der Waals surface area contributed by atoms with Gasteiger partial charge in [-0.1, -0.05) is 75.8 Å². The van der Waals surface area contributed by atoms with E-state index in [-0.39, 0.29) is 28.6 Å². The molecule has 31 heavy (non-hydrogen) atoms. The smallest absolute Gasteiger partial charge is 0.310 e. The lowest BCUT2D eigenvalue weighted by atomic mass is 9.46. The Balaban J connectivity index is 1.97. The molecule has 0 aromatic carbocycles. The SMILES string of the molecule is C[C@@H]1CCC(C(=O)OC(C)(C)C(Cl)(Cl)Cl)[C@@]2(C)CC(O)[C@H]3[C@H](C)CC[C@@H](C[C@H]12)C3(C)C. The van der Waals surface area contributed by atoms with Crippen LogP contribution in [0.25, 0.3) is 0 Å². The van der Waals surface area contributed by atoms with Crippen molar-refractivity contribution in [1.82, 2.24) is 0 Å². The summed E-state index contributed by atoms with van der Waals surface area (Å²) in [6, 6.07) is 0. The maximum absolute atomic E-state index is 13.5. The fraction of sp³-hybridized carbons (Fsp3) is 0.960. The highest BCUT2D eigenvalue weighted by Gasteiger charge is 2.58. The number of alkyl halides is 3. The van der Waals surface area contributed by atoms with Gasteiger partial charge in [-0.25, -0.2) is 0 Å². The molecule has 1 N–H and O–H groups in total. The van der Waals surface area contributed by atoms with Crippen LogP contribution in [-0.4, -0.2) is 26.6 Å². The van der Waals surface area contributed by atoms with Gasteiger partial charge in [-0.15, -0.1) is 0 Å². The average Bonchev–Trinajstić information content (AvgIpc) is 2.57. The zero-order valence-corrected chi connectivity index (χ0v) is 22.4. The van der Waals surface area contributed by atoms with E-state index in [1.807, 2.05) is 0 Å². The van der Waals surface area contributed by atoms with Gasteiger partial charge >= 0.3 is 5.97 Å². The molecule has 3 saturated carbocycles. The number of hydrogen-bond donors (Lipinski definition) is 1. The predicted octanol–water partition coefficient (Wildman–Crippen LogP) is 7.19. The molecule has 6 heteroatoms. The Labute approximate surface area is 203 Å². The number of fused-ring (bicyclic) bond motifs is 3. The molecule has 3 fully saturated rings. The van der Waals surface area contributed by atoms with Gasteiger partial charge in [0, 0.05) is 0 Å². The van der Waals surface area contributed by atoms with Gasteiger partial charge in [-0.05, 0) is 86.4 Å². The fourth-order valence-electron chi connectivity index (χ4n) is 7.63. The molecule has 0 amide bonds. The van der Waals surface area contributed by atoms with Crippen LogP contribution in [-0.2, 0) is 9.53 Å². The number of carbonyl (C=O) groups excluding carboxylic acids is 1. The van der Waals surface area contributed by atoms with E-state index in [2.05, 4.69) is 34.6 Å². The number of hydrogen-bond acceptors (Lipinski definition) is 3. The maximum Gasteiger partial charge on any atom is 0.310 e. The molecule has 3 rings (SSSR count). The van der Waals surface area contributed by atoms with Crippen molar-refractivity contribution in [3.8, 4) is 0 Å². The Bertz CT molecular complexity index is 686. The van der Waals surface area contributed by atoms with E-state index < -0.39 is 15.5 Å². The maximum atomic E-state index is 13.5. The molecule has 3 aliphatic rings. The van der Waals surface area contributed by atoms with Gasteiger partial charge in [0.1, 0.15) is 0 Å². The van der Waals surface area contributed by atoms with Gasteiger partial charge < -0.3 is 9.84 Å². The number of carbonyl (C=O) groups is 1. The summed E-state index contributed by atoms with van der Waals surface area (Å²) in [5, 5.41) is 11.6. The first-order valence-corrected chi connectivity index (χ1v) is 13.1. The van der Waals surface area contributed by atoms with Gasteiger partial charge in [0.2, 0.25) is 3.79 Å². The van der Waals surface area contributed by atoms with Crippen LogP contribution in [0.3, 0.4) is 0 Å². The summed E-state index contributed by atoms with van der Waals surface area (Å²) in [5.41, 5.74) is -1.46. The zero-order chi connectivity index (χ0) is 23.6. The molecule has 0 radical (unpaired) electrons. The summed E-state index contributed by atoms with van der Waals surface area (Å²) in [4.78, 5) is 13.5. The van der Waals surface area contributed by atoms with Crippen molar-refractivity contribution in [2.24, 2.45) is 46.3 Å².